The highest BCUT2D eigenvalue weighted by atomic mass is 79.9. The van der Waals surface area contributed by atoms with Crippen LogP contribution in [0.5, 0.6) is 5.75 Å². The highest BCUT2D eigenvalue weighted by molar-refractivity contribution is 9.10. The zero-order valence-corrected chi connectivity index (χ0v) is 16.4. The SMILES string of the molecule is Cc1ccc(Br)cc1NC(=O)c1ccc(OCc2c(C)noc2C)cc1. The summed E-state index contributed by atoms with van der Waals surface area (Å²) in [7, 11) is 0. The van der Waals surface area contributed by atoms with Crippen LogP contribution in [0.15, 0.2) is 51.5 Å². The van der Waals surface area contributed by atoms with Crippen molar-refractivity contribution in [3.8, 4) is 5.75 Å². The summed E-state index contributed by atoms with van der Waals surface area (Å²) in [4.78, 5) is 12.4. The molecule has 0 radical (unpaired) electrons. The lowest BCUT2D eigenvalue weighted by Gasteiger charge is -2.10. The van der Waals surface area contributed by atoms with E-state index >= 15 is 0 Å². The van der Waals surface area contributed by atoms with Gasteiger partial charge in [0.2, 0.25) is 0 Å². The molecule has 5 nitrogen and oxygen atoms in total. The van der Waals surface area contributed by atoms with Gasteiger partial charge in [-0.15, -0.1) is 0 Å². The maximum absolute atomic E-state index is 12.4. The molecule has 1 heterocycles. The summed E-state index contributed by atoms with van der Waals surface area (Å²) in [6.45, 7) is 6.07. The predicted octanol–water partition coefficient (Wildman–Crippen LogP) is 5.19. The zero-order valence-electron chi connectivity index (χ0n) is 14.8. The van der Waals surface area contributed by atoms with Gasteiger partial charge in [-0.25, -0.2) is 0 Å². The Labute approximate surface area is 160 Å². The molecule has 0 aliphatic carbocycles. The zero-order chi connectivity index (χ0) is 18.7. The van der Waals surface area contributed by atoms with Gasteiger partial charge in [-0.2, -0.15) is 0 Å². The van der Waals surface area contributed by atoms with Gasteiger partial charge in [0.15, 0.2) is 0 Å². The summed E-state index contributed by atoms with van der Waals surface area (Å²) in [5.41, 5.74) is 4.11. The van der Waals surface area contributed by atoms with Gasteiger partial charge >= 0.3 is 0 Å². The van der Waals surface area contributed by atoms with Gasteiger partial charge in [0.25, 0.3) is 5.91 Å². The first-order chi connectivity index (χ1) is 12.4. The number of aryl methyl sites for hydroxylation is 3. The van der Waals surface area contributed by atoms with Crippen molar-refractivity contribution in [1.82, 2.24) is 5.16 Å². The Balaban J connectivity index is 1.65. The molecule has 0 unspecified atom stereocenters. The molecule has 0 bridgehead atoms. The van der Waals surface area contributed by atoms with Crippen molar-refractivity contribution in [2.24, 2.45) is 0 Å². The van der Waals surface area contributed by atoms with Crippen LogP contribution in [0.4, 0.5) is 5.69 Å². The molecular formula is C20H19BrN2O3. The fourth-order valence-corrected chi connectivity index (χ4v) is 2.85. The molecule has 6 heteroatoms. The lowest BCUT2D eigenvalue weighted by Crippen LogP contribution is -2.12. The quantitative estimate of drug-likeness (QED) is 0.623. The molecule has 0 spiro atoms. The van der Waals surface area contributed by atoms with Crippen LogP contribution in [-0.4, -0.2) is 11.1 Å². The monoisotopic (exact) mass is 414 g/mol. The summed E-state index contributed by atoms with van der Waals surface area (Å²) < 4.78 is 11.8. The Morgan fingerprint density at radius 2 is 1.88 bits per heavy atom. The number of rotatable bonds is 5. The Morgan fingerprint density at radius 1 is 1.15 bits per heavy atom. The average molecular weight is 415 g/mol. The third-order valence-electron chi connectivity index (χ3n) is 4.13. The molecule has 3 rings (SSSR count). The number of aromatic nitrogens is 1. The van der Waals surface area contributed by atoms with Crippen LogP contribution in [-0.2, 0) is 6.61 Å². The number of amides is 1. The lowest BCUT2D eigenvalue weighted by molar-refractivity contribution is 0.102. The molecule has 26 heavy (non-hydrogen) atoms. The fraction of sp³-hybridized carbons (Fsp3) is 0.200. The number of hydrogen-bond donors (Lipinski definition) is 1. The van der Waals surface area contributed by atoms with Crippen molar-refractivity contribution in [3.05, 3.63) is 75.1 Å². The standard InChI is InChI=1S/C20H19BrN2O3/c1-12-4-7-16(21)10-19(12)22-20(24)15-5-8-17(9-6-15)25-11-18-13(2)23-26-14(18)3/h4-10H,11H2,1-3H3,(H,22,24). The third-order valence-corrected chi connectivity index (χ3v) is 4.62. The van der Waals surface area contributed by atoms with Crippen LogP contribution >= 0.6 is 15.9 Å². The van der Waals surface area contributed by atoms with Gasteiger partial charge in [0.1, 0.15) is 18.1 Å². The first-order valence-corrected chi connectivity index (χ1v) is 8.95. The summed E-state index contributed by atoms with van der Waals surface area (Å²) >= 11 is 3.42. The van der Waals surface area contributed by atoms with E-state index in [1.165, 1.54) is 0 Å². The van der Waals surface area contributed by atoms with Crippen LogP contribution in [0.1, 0.15) is 32.9 Å². The van der Waals surface area contributed by atoms with Crippen LogP contribution in [0.2, 0.25) is 0 Å². The predicted molar refractivity (Wildman–Crippen MR) is 104 cm³/mol. The van der Waals surface area contributed by atoms with E-state index in [2.05, 4.69) is 26.4 Å². The maximum atomic E-state index is 12.4. The number of halogens is 1. The molecule has 1 amide bonds. The van der Waals surface area contributed by atoms with Crippen molar-refractivity contribution in [2.75, 3.05) is 5.32 Å². The van der Waals surface area contributed by atoms with Crippen LogP contribution in [0.25, 0.3) is 0 Å². The van der Waals surface area contributed by atoms with E-state index < -0.39 is 0 Å². The van der Waals surface area contributed by atoms with E-state index in [1.807, 2.05) is 39.0 Å². The number of hydrogen-bond acceptors (Lipinski definition) is 4. The van der Waals surface area contributed by atoms with Crippen molar-refractivity contribution in [1.29, 1.82) is 0 Å². The van der Waals surface area contributed by atoms with Crippen molar-refractivity contribution in [3.63, 3.8) is 0 Å². The van der Waals surface area contributed by atoms with Gasteiger partial charge in [-0.3, -0.25) is 4.79 Å². The van der Waals surface area contributed by atoms with Crippen molar-refractivity contribution < 1.29 is 14.1 Å². The molecule has 0 aliphatic rings. The summed E-state index contributed by atoms with van der Waals surface area (Å²) in [5, 5.41) is 6.83. The summed E-state index contributed by atoms with van der Waals surface area (Å²) in [6, 6.07) is 12.8. The smallest absolute Gasteiger partial charge is 0.255 e. The maximum Gasteiger partial charge on any atom is 0.255 e. The van der Waals surface area contributed by atoms with Gasteiger partial charge in [-0.1, -0.05) is 27.2 Å². The Morgan fingerprint density at radius 3 is 2.54 bits per heavy atom. The first-order valence-electron chi connectivity index (χ1n) is 8.16. The normalized spacial score (nSPS) is 10.6. The highest BCUT2D eigenvalue weighted by Gasteiger charge is 2.11. The van der Waals surface area contributed by atoms with E-state index in [1.54, 1.807) is 24.3 Å². The summed E-state index contributed by atoms with van der Waals surface area (Å²) in [6.07, 6.45) is 0. The second kappa shape index (κ2) is 7.74. The number of nitrogens with zero attached hydrogens (tertiary/aromatic N) is 1. The summed E-state index contributed by atoms with van der Waals surface area (Å²) in [5.74, 6) is 1.27. The molecule has 1 N–H and O–H groups in total. The minimum atomic E-state index is -0.163. The molecule has 2 aromatic carbocycles. The van der Waals surface area contributed by atoms with Gasteiger partial charge in [-0.05, 0) is 62.7 Å². The first kappa shape index (κ1) is 18.2. The molecule has 3 aromatic rings. The fourth-order valence-electron chi connectivity index (χ4n) is 2.49. The van der Waals surface area contributed by atoms with E-state index in [0.717, 1.165) is 32.7 Å². The molecular weight excluding hydrogens is 396 g/mol. The second-order valence-corrected chi connectivity index (χ2v) is 6.94. The molecule has 1 aromatic heterocycles. The molecule has 0 saturated carbocycles. The Hall–Kier alpha value is -2.60. The van der Waals surface area contributed by atoms with E-state index in [0.29, 0.717) is 17.9 Å². The van der Waals surface area contributed by atoms with Crippen molar-refractivity contribution in [2.45, 2.75) is 27.4 Å². The minimum Gasteiger partial charge on any atom is -0.489 e. The molecule has 0 atom stereocenters. The number of carbonyl (C=O) groups excluding carboxylic acids is 1. The third kappa shape index (κ3) is 4.14. The largest absolute Gasteiger partial charge is 0.489 e. The Bertz CT molecular complexity index is 913. The highest BCUT2D eigenvalue weighted by Crippen LogP contribution is 2.22. The van der Waals surface area contributed by atoms with Crippen LogP contribution < -0.4 is 10.1 Å². The van der Waals surface area contributed by atoms with E-state index in [4.69, 9.17) is 9.26 Å². The minimum absolute atomic E-state index is 0.163. The topological polar surface area (TPSA) is 64.4 Å². The second-order valence-electron chi connectivity index (χ2n) is 6.03. The number of anilines is 1. The van der Waals surface area contributed by atoms with Gasteiger partial charge < -0.3 is 14.6 Å². The average Bonchev–Trinajstić information content (AvgIpc) is 2.95. The van der Waals surface area contributed by atoms with Gasteiger partial charge in [0, 0.05) is 15.7 Å². The van der Waals surface area contributed by atoms with Gasteiger partial charge in [0.05, 0.1) is 11.3 Å². The van der Waals surface area contributed by atoms with Crippen molar-refractivity contribution >= 4 is 27.5 Å². The molecule has 0 aliphatic heterocycles. The molecule has 0 saturated heterocycles. The van der Waals surface area contributed by atoms with E-state index in [-0.39, 0.29) is 5.91 Å². The number of ether oxygens (including phenoxy) is 1. The number of carbonyl (C=O) groups is 1. The van der Waals surface area contributed by atoms with E-state index in [9.17, 15) is 4.79 Å². The number of nitrogens with one attached hydrogen (secondary N) is 1. The number of benzene rings is 2. The van der Waals surface area contributed by atoms with Crippen LogP contribution in [0, 0.1) is 20.8 Å². The van der Waals surface area contributed by atoms with Crippen LogP contribution in [0.3, 0.4) is 0 Å². The molecule has 134 valence electrons. The Kier molecular flexibility index (Phi) is 5.42. The molecule has 0 fully saturated rings. The lowest BCUT2D eigenvalue weighted by atomic mass is 10.1.